The number of fused-ring (bicyclic) bond motifs is 1. The van der Waals surface area contributed by atoms with Gasteiger partial charge in [-0.05, 0) is 48.4 Å². The highest BCUT2D eigenvalue weighted by Crippen LogP contribution is 2.41. The Kier molecular flexibility index (Phi) is 7.58. The maximum absolute atomic E-state index is 12.5. The van der Waals surface area contributed by atoms with Crippen LogP contribution in [-0.2, 0) is 11.2 Å². The van der Waals surface area contributed by atoms with Crippen molar-refractivity contribution >= 4 is 16.7 Å². The van der Waals surface area contributed by atoms with Gasteiger partial charge in [-0.15, -0.1) is 0 Å². The highest BCUT2D eigenvalue weighted by atomic mass is 16.5. The Morgan fingerprint density at radius 1 is 0.794 bits per heavy atom. The van der Waals surface area contributed by atoms with Crippen LogP contribution in [0, 0.1) is 0 Å². The summed E-state index contributed by atoms with van der Waals surface area (Å²) in [5.74, 6) is 1.83. The number of methoxy groups -OCH3 is 2. The van der Waals surface area contributed by atoms with E-state index in [4.69, 9.17) is 14.5 Å². The molecule has 1 aromatic heterocycles. The number of benzene rings is 3. The number of carbonyl (C=O) groups excluding carboxylic acids is 1. The van der Waals surface area contributed by atoms with Gasteiger partial charge in [-0.1, -0.05) is 56.2 Å². The minimum atomic E-state index is 0.288. The molecular formula is C30H31NO3. The van der Waals surface area contributed by atoms with E-state index in [1.54, 1.807) is 14.2 Å². The summed E-state index contributed by atoms with van der Waals surface area (Å²) in [7, 11) is 3.35. The molecule has 0 amide bonds. The molecule has 4 nitrogen and oxygen atoms in total. The number of Topliss-reactive ketones (excluding diaryl/α,β-unsaturated/α-hetero) is 1. The first-order valence-corrected chi connectivity index (χ1v) is 11.9. The maximum atomic E-state index is 12.5. The van der Waals surface area contributed by atoms with E-state index >= 15 is 0 Å². The number of nitrogens with zero attached hydrogens (tertiary/aromatic N) is 1. The lowest BCUT2D eigenvalue weighted by molar-refractivity contribution is -0.118. The Bertz CT molecular complexity index is 1300. The molecule has 0 spiro atoms. The van der Waals surface area contributed by atoms with Crippen LogP contribution in [-0.4, -0.2) is 25.0 Å². The Labute approximate surface area is 201 Å². The van der Waals surface area contributed by atoms with Gasteiger partial charge in [-0.2, -0.15) is 0 Å². The first kappa shape index (κ1) is 23.5. The smallest absolute Gasteiger partial charge is 0.137 e. The van der Waals surface area contributed by atoms with Gasteiger partial charge < -0.3 is 9.47 Å². The first-order valence-electron chi connectivity index (χ1n) is 11.9. The minimum absolute atomic E-state index is 0.288. The van der Waals surface area contributed by atoms with Crippen LogP contribution >= 0.6 is 0 Å². The van der Waals surface area contributed by atoms with Crippen molar-refractivity contribution in [2.45, 2.75) is 39.0 Å². The van der Waals surface area contributed by atoms with Crippen molar-refractivity contribution in [3.8, 4) is 33.9 Å². The summed E-state index contributed by atoms with van der Waals surface area (Å²) in [6.45, 7) is 2.15. The summed E-state index contributed by atoms with van der Waals surface area (Å²) >= 11 is 0. The highest BCUT2D eigenvalue weighted by molar-refractivity contribution is 5.94. The van der Waals surface area contributed by atoms with E-state index in [2.05, 4.69) is 19.1 Å². The van der Waals surface area contributed by atoms with E-state index in [-0.39, 0.29) is 5.78 Å². The SMILES string of the molecule is CCCCCC(=O)Cc1ccc2nc(-c3ccccc3OC)c(-c3ccccc3OC)cc2c1. The second-order valence-electron chi connectivity index (χ2n) is 8.48. The van der Waals surface area contributed by atoms with Crippen LogP contribution in [0.5, 0.6) is 11.5 Å². The Morgan fingerprint density at radius 3 is 2.18 bits per heavy atom. The summed E-state index contributed by atoms with van der Waals surface area (Å²) in [5, 5.41) is 0.999. The number of unbranched alkanes of at least 4 members (excludes halogenated alkanes) is 2. The Balaban J connectivity index is 1.83. The molecule has 0 fully saturated rings. The standard InChI is InChI=1S/C30H31NO3/c1-4-5-6-11-23(32)19-21-16-17-27-22(18-21)20-26(24-12-7-9-14-28(24)33-2)30(31-27)25-13-8-10-15-29(25)34-3/h7-10,12-18,20H,4-6,11,19H2,1-3H3. The van der Waals surface area contributed by atoms with E-state index in [0.717, 1.165) is 69.6 Å². The molecule has 0 aliphatic carbocycles. The lowest BCUT2D eigenvalue weighted by Crippen LogP contribution is -2.02. The molecule has 1 heterocycles. The van der Waals surface area contributed by atoms with Gasteiger partial charge in [0.15, 0.2) is 0 Å². The van der Waals surface area contributed by atoms with Crippen LogP contribution in [0.15, 0.2) is 72.8 Å². The van der Waals surface area contributed by atoms with Crippen LogP contribution in [0.2, 0.25) is 0 Å². The molecule has 0 bridgehead atoms. The molecule has 4 aromatic rings. The molecule has 4 heteroatoms. The number of carbonyl (C=O) groups is 1. The number of ketones is 1. The zero-order chi connectivity index (χ0) is 23.9. The van der Waals surface area contributed by atoms with Crippen molar-refractivity contribution in [1.29, 1.82) is 0 Å². The highest BCUT2D eigenvalue weighted by Gasteiger charge is 2.18. The van der Waals surface area contributed by atoms with E-state index in [0.29, 0.717) is 12.8 Å². The van der Waals surface area contributed by atoms with Crippen LogP contribution < -0.4 is 9.47 Å². The van der Waals surface area contributed by atoms with Crippen molar-refractivity contribution in [3.63, 3.8) is 0 Å². The normalized spacial score (nSPS) is 10.9. The van der Waals surface area contributed by atoms with Crippen LogP contribution in [0.1, 0.15) is 38.2 Å². The van der Waals surface area contributed by atoms with Gasteiger partial charge in [0, 0.05) is 34.9 Å². The second kappa shape index (κ2) is 11.0. The molecule has 0 unspecified atom stereocenters. The third kappa shape index (κ3) is 5.12. The number of hydrogen-bond acceptors (Lipinski definition) is 4. The van der Waals surface area contributed by atoms with Gasteiger partial charge in [0.25, 0.3) is 0 Å². The van der Waals surface area contributed by atoms with Crippen LogP contribution in [0.4, 0.5) is 0 Å². The van der Waals surface area contributed by atoms with Gasteiger partial charge in [-0.25, -0.2) is 4.98 Å². The quantitative estimate of drug-likeness (QED) is 0.237. The zero-order valence-corrected chi connectivity index (χ0v) is 20.1. The van der Waals surface area contributed by atoms with E-state index in [1.807, 2.05) is 60.7 Å². The molecule has 34 heavy (non-hydrogen) atoms. The predicted molar refractivity (Wildman–Crippen MR) is 139 cm³/mol. The van der Waals surface area contributed by atoms with E-state index in [9.17, 15) is 4.79 Å². The topological polar surface area (TPSA) is 48.4 Å². The third-order valence-corrected chi connectivity index (χ3v) is 6.10. The minimum Gasteiger partial charge on any atom is -0.496 e. The lowest BCUT2D eigenvalue weighted by atomic mass is 9.95. The van der Waals surface area contributed by atoms with Crippen molar-refractivity contribution in [3.05, 3.63) is 78.4 Å². The summed E-state index contributed by atoms with van der Waals surface area (Å²) in [6.07, 6.45) is 4.28. The molecule has 0 N–H and O–H groups in total. The number of pyridine rings is 1. The van der Waals surface area contributed by atoms with Crippen molar-refractivity contribution in [2.75, 3.05) is 14.2 Å². The number of ether oxygens (including phenoxy) is 2. The van der Waals surface area contributed by atoms with Crippen molar-refractivity contribution < 1.29 is 14.3 Å². The number of para-hydroxylation sites is 2. The largest absolute Gasteiger partial charge is 0.496 e. The average Bonchev–Trinajstić information content (AvgIpc) is 2.88. The molecule has 0 radical (unpaired) electrons. The van der Waals surface area contributed by atoms with E-state index < -0.39 is 0 Å². The third-order valence-electron chi connectivity index (χ3n) is 6.10. The number of rotatable bonds is 10. The van der Waals surface area contributed by atoms with Crippen LogP contribution in [0.25, 0.3) is 33.3 Å². The van der Waals surface area contributed by atoms with Gasteiger partial charge in [0.1, 0.15) is 17.3 Å². The molecule has 0 aliphatic rings. The molecule has 4 rings (SSSR count). The molecular weight excluding hydrogens is 422 g/mol. The van der Waals surface area contributed by atoms with Gasteiger partial charge in [-0.3, -0.25) is 4.79 Å². The van der Waals surface area contributed by atoms with Gasteiger partial charge >= 0.3 is 0 Å². The van der Waals surface area contributed by atoms with Crippen LogP contribution in [0.3, 0.4) is 0 Å². The fourth-order valence-electron chi connectivity index (χ4n) is 4.34. The monoisotopic (exact) mass is 453 g/mol. The zero-order valence-electron chi connectivity index (χ0n) is 20.1. The average molecular weight is 454 g/mol. The van der Waals surface area contributed by atoms with Crippen molar-refractivity contribution in [2.24, 2.45) is 0 Å². The van der Waals surface area contributed by atoms with E-state index in [1.165, 1.54) is 0 Å². The maximum Gasteiger partial charge on any atom is 0.137 e. The fraction of sp³-hybridized carbons (Fsp3) is 0.267. The molecule has 0 saturated heterocycles. The second-order valence-corrected chi connectivity index (χ2v) is 8.48. The predicted octanol–water partition coefficient (Wildman–Crippen LogP) is 7.28. The van der Waals surface area contributed by atoms with Crippen molar-refractivity contribution in [1.82, 2.24) is 4.98 Å². The first-order chi connectivity index (χ1) is 16.6. The Morgan fingerprint density at radius 2 is 1.47 bits per heavy atom. The number of aromatic nitrogens is 1. The Hall–Kier alpha value is -3.66. The summed E-state index contributed by atoms with van der Waals surface area (Å²) < 4.78 is 11.3. The molecule has 0 aliphatic heterocycles. The lowest BCUT2D eigenvalue weighted by Gasteiger charge is -2.16. The summed E-state index contributed by atoms with van der Waals surface area (Å²) in [4.78, 5) is 17.5. The fourth-order valence-corrected chi connectivity index (χ4v) is 4.34. The number of hydrogen-bond donors (Lipinski definition) is 0. The van der Waals surface area contributed by atoms with Gasteiger partial charge in [0.05, 0.1) is 25.4 Å². The van der Waals surface area contributed by atoms with Gasteiger partial charge in [0.2, 0.25) is 0 Å². The summed E-state index contributed by atoms with van der Waals surface area (Å²) in [6, 6.07) is 24.1. The molecule has 174 valence electrons. The molecule has 3 aromatic carbocycles. The summed E-state index contributed by atoms with van der Waals surface area (Å²) in [5.41, 5.74) is 5.57. The molecule has 0 atom stereocenters. The molecule has 0 saturated carbocycles.